The van der Waals surface area contributed by atoms with Crippen molar-refractivity contribution in [2.45, 2.75) is 38.0 Å². The molecule has 1 saturated heterocycles. The Balaban J connectivity index is 1.43. The monoisotopic (exact) mass is 358 g/mol. The number of H-pyrrole nitrogens is 1. The minimum absolute atomic E-state index is 0.0572. The van der Waals surface area contributed by atoms with Gasteiger partial charge >= 0.3 is 0 Å². The lowest BCUT2D eigenvalue weighted by molar-refractivity contribution is -0.132. The van der Waals surface area contributed by atoms with Crippen LogP contribution in [0.2, 0.25) is 5.02 Å². The van der Waals surface area contributed by atoms with Crippen LogP contribution in [0.15, 0.2) is 47.4 Å². The van der Waals surface area contributed by atoms with Crippen LogP contribution >= 0.6 is 11.6 Å². The Labute approximate surface area is 152 Å². The molecule has 1 aromatic heterocycles. The van der Waals surface area contributed by atoms with E-state index in [-0.39, 0.29) is 11.5 Å². The van der Waals surface area contributed by atoms with E-state index in [1.54, 1.807) is 12.3 Å². The molecule has 0 aliphatic carbocycles. The summed E-state index contributed by atoms with van der Waals surface area (Å²) in [5, 5.41) is 0.739. The zero-order valence-corrected chi connectivity index (χ0v) is 15.0. The maximum absolute atomic E-state index is 12.4. The van der Waals surface area contributed by atoms with E-state index in [2.05, 4.69) is 4.98 Å². The van der Waals surface area contributed by atoms with Gasteiger partial charge in [-0.25, -0.2) is 0 Å². The fraction of sp³-hybridized carbons (Fsp3) is 0.400. The molecule has 1 amide bonds. The normalized spacial score (nSPS) is 15.3. The average Bonchev–Trinajstić information content (AvgIpc) is 2.63. The summed E-state index contributed by atoms with van der Waals surface area (Å²) < 4.78 is 0. The number of aryl methyl sites for hydroxylation is 1. The molecule has 1 fully saturated rings. The van der Waals surface area contributed by atoms with Crippen LogP contribution < -0.4 is 5.56 Å². The second kappa shape index (κ2) is 8.34. The molecule has 132 valence electrons. The van der Waals surface area contributed by atoms with Crippen LogP contribution in [0.1, 0.15) is 42.7 Å². The summed E-state index contributed by atoms with van der Waals surface area (Å²) >= 11 is 5.88. The quantitative estimate of drug-likeness (QED) is 0.884. The van der Waals surface area contributed by atoms with Crippen molar-refractivity contribution in [2.24, 2.45) is 0 Å². The van der Waals surface area contributed by atoms with Gasteiger partial charge in [0.05, 0.1) is 0 Å². The van der Waals surface area contributed by atoms with Crippen LogP contribution in [0.5, 0.6) is 0 Å². The van der Waals surface area contributed by atoms with Crippen molar-refractivity contribution in [3.8, 4) is 0 Å². The lowest BCUT2D eigenvalue weighted by Gasteiger charge is -2.32. The van der Waals surface area contributed by atoms with E-state index in [4.69, 9.17) is 11.6 Å². The number of likely N-dealkylation sites (tertiary alicyclic amines) is 1. The number of benzene rings is 1. The highest BCUT2D eigenvalue weighted by Crippen LogP contribution is 2.27. The van der Waals surface area contributed by atoms with Gasteiger partial charge < -0.3 is 9.88 Å². The third kappa shape index (κ3) is 4.95. The SMILES string of the molecule is O=C(CCCc1ccc(Cl)cc1)N1CCC(c2cc[nH]c(=O)c2)CC1. The summed E-state index contributed by atoms with van der Waals surface area (Å²) in [5.41, 5.74) is 2.24. The molecule has 2 heterocycles. The van der Waals surface area contributed by atoms with Gasteiger partial charge in [-0.1, -0.05) is 23.7 Å². The molecular weight excluding hydrogens is 336 g/mol. The Morgan fingerprint density at radius 3 is 2.56 bits per heavy atom. The molecule has 1 N–H and O–H groups in total. The molecule has 3 rings (SSSR count). The van der Waals surface area contributed by atoms with E-state index in [9.17, 15) is 9.59 Å². The van der Waals surface area contributed by atoms with Crippen LogP contribution in [0.25, 0.3) is 0 Å². The molecule has 0 atom stereocenters. The number of rotatable bonds is 5. The van der Waals surface area contributed by atoms with Crippen molar-refractivity contribution in [3.05, 3.63) is 69.1 Å². The van der Waals surface area contributed by atoms with E-state index < -0.39 is 0 Å². The fourth-order valence-corrected chi connectivity index (χ4v) is 3.56. The van der Waals surface area contributed by atoms with Gasteiger partial charge in [-0.15, -0.1) is 0 Å². The van der Waals surface area contributed by atoms with Gasteiger partial charge in [-0.3, -0.25) is 9.59 Å². The minimum atomic E-state index is -0.0572. The number of halogens is 1. The highest BCUT2D eigenvalue weighted by atomic mass is 35.5. The third-order valence-electron chi connectivity index (χ3n) is 4.89. The van der Waals surface area contributed by atoms with E-state index >= 15 is 0 Å². The van der Waals surface area contributed by atoms with Crippen molar-refractivity contribution in [3.63, 3.8) is 0 Å². The molecule has 0 spiro atoms. The number of pyridine rings is 1. The Hall–Kier alpha value is -2.07. The van der Waals surface area contributed by atoms with Crippen LogP contribution in [0.3, 0.4) is 0 Å². The van der Waals surface area contributed by atoms with Crippen molar-refractivity contribution in [1.82, 2.24) is 9.88 Å². The minimum Gasteiger partial charge on any atom is -0.343 e. The standard InChI is InChI=1S/C20H23ClN2O2/c21-18-6-4-15(5-7-18)2-1-3-20(25)23-12-9-16(10-13-23)17-8-11-22-19(24)14-17/h4-8,11,14,16H,1-3,9-10,12-13H2,(H,22,24). The summed E-state index contributed by atoms with van der Waals surface area (Å²) in [6.07, 6.45) is 5.88. The predicted molar refractivity (Wildman–Crippen MR) is 100 cm³/mol. The summed E-state index contributed by atoms with van der Waals surface area (Å²) in [5.74, 6) is 0.610. The molecule has 0 saturated carbocycles. The maximum Gasteiger partial charge on any atom is 0.248 e. The predicted octanol–water partition coefficient (Wildman–Crippen LogP) is 3.76. The Morgan fingerprint density at radius 2 is 1.88 bits per heavy atom. The molecule has 1 aliphatic rings. The van der Waals surface area contributed by atoms with E-state index in [1.165, 1.54) is 5.56 Å². The first-order chi connectivity index (χ1) is 12.1. The Bertz CT molecular complexity index is 762. The fourth-order valence-electron chi connectivity index (χ4n) is 3.43. The van der Waals surface area contributed by atoms with Gasteiger partial charge in [0.15, 0.2) is 0 Å². The molecule has 25 heavy (non-hydrogen) atoms. The second-order valence-corrected chi connectivity index (χ2v) is 7.06. The first kappa shape index (κ1) is 17.7. The number of hydrogen-bond acceptors (Lipinski definition) is 2. The zero-order valence-electron chi connectivity index (χ0n) is 14.2. The van der Waals surface area contributed by atoms with Gasteiger partial charge in [0.1, 0.15) is 0 Å². The summed E-state index contributed by atoms with van der Waals surface area (Å²) in [6.45, 7) is 1.55. The summed E-state index contributed by atoms with van der Waals surface area (Å²) in [4.78, 5) is 28.4. The lowest BCUT2D eigenvalue weighted by atomic mass is 9.90. The summed E-state index contributed by atoms with van der Waals surface area (Å²) in [6, 6.07) is 11.4. The Morgan fingerprint density at radius 1 is 1.16 bits per heavy atom. The lowest BCUT2D eigenvalue weighted by Crippen LogP contribution is -2.38. The number of carbonyl (C=O) groups is 1. The number of amides is 1. The number of nitrogens with zero attached hydrogens (tertiary/aromatic N) is 1. The van der Waals surface area contributed by atoms with E-state index in [1.807, 2.05) is 35.2 Å². The van der Waals surface area contributed by atoms with Crippen LogP contribution in [-0.4, -0.2) is 28.9 Å². The first-order valence-corrected chi connectivity index (χ1v) is 9.20. The number of piperidine rings is 1. The highest BCUT2D eigenvalue weighted by molar-refractivity contribution is 6.30. The summed E-state index contributed by atoms with van der Waals surface area (Å²) in [7, 11) is 0. The number of carbonyl (C=O) groups excluding carboxylic acids is 1. The van der Waals surface area contributed by atoms with Crippen molar-refractivity contribution in [1.29, 1.82) is 0 Å². The average molecular weight is 359 g/mol. The van der Waals surface area contributed by atoms with Crippen molar-refractivity contribution in [2.75, 3.05) is 13.1 Å². The largest absolute Gasteiger partial charge is 0.343 e. The maximum atomic E-state index is 12.4. The number of nitrogens with one attached hydrogen (secondary N) is 1. The van der Waals surface area contributed by atoms with Gasteiger partial charge in [0, 0.05) is 36.8 Å². The van der Waals surface area contributed by atoms with Crippen LogP contribution in [0, 0.1) is 0 Å². The topological polar surface area (TPSA) is 53.2 Å². The molecular formula is C20H23ClN2O2. The Kier molecular flexibility index (Phi) is 5.92. The molecule has 2 aromatic rings. The molecule has 0 radical (unpaired) electrons. The molecule has 5 heteroatoms. The van der Waals surface area contributed by atoms with Crippen LogP contribution in [0.4, 0.5) is 0 Å². The highest BCUT2D eigenvalue weighted by Gasteiger charge is 2.23. The number of aromatic nitrogens is 1. The van der Waals surface area contributed by atoms with Crippen molar-refractivity contribution >= 4 is 17.5 Å². The van der Waals surface area contributed by atoms with Gasteiger partial charge in [-0.05, 0) is 60.9 Å². The molecule has 1 aromatic carbocycles. The van der Waals surface area contributed by atoms with Gasteiger partial charge in [0.2, 0.25) is 11.5 Å². The second-order valence-electron chi connectivity index (χ2n) is 6.62. The zero-order chi connectivity index (χ0) is 17.6. The van der Waals surface area contributed by atoms with E-state index in [0.29, 0.717) is 12.3 Å². The smallest absolute Gasteiger partial charge is 0.248 e. The molecule has 0 unspecified atom stereocenters. The van der Waals surface area contributed by atoms with E-state index in [0.717, 1.165) is 49.4 Å². The van der Waals surface area contributed by atoms with Gasteiger partial charge in [-0.2, -0.15) is 0 Å². The molecule has 0 bridgehead atoms. The first-order valence-electron chi connectivity index (χ1n) is 8.82. The number of aromatic amines is 1. The van der Waals surface area contributed by atoms with Crippen molar-refractivity contribution < 1.29 is 4.79 Å². The third-order valence-corrected chi connectivity index (χ3v) is 5.14. The number of hydrogen-bond donors (Lipinski definition) is 1. The van der Waals surface area contributed by atoms with Crippen LogP contribution in [-0.2, 0) is 11.2 Å². The molecule has 1 aliphatic heterocycles. The van der Waals surface area contributed by atoms with Gasteiger partial charge in [0.25, 0.3) is 0 Å². The molecule has 4 nitrogen and oxygen atoms in total.